The van der Waals surface area contributed by atoms with Crippen LogP contribution in [0.15, 0.2) is 18.2 Å². The van der Waals surface area contributed by atoms with Gasteiger partial charge in [-0.2, -0.15) is 0 Å². The molecular weight excluding hydrogens is 231 g/mol. The van der Waals surface area contributed by atoms with E-state index in [9.17, 15) is 4.39 Å². The molecule has 2 atom stereocenters. The summed E-state index contributed by atoms with van der Waals surface area (Å²) in [7, 11) is 3.42. The molecule has 1 heterocycles. The van der Waals surface area contributed by atoms with Gasteiger partial charge in [0.1, 0.15) is 0 Å². The second-order valence-corrected chi connectivity index (χ2v) is 4.77. The number of hydrogen-bond acceptors (Lipinski definition) is 3. The van der Waals surface area contributed by atoms with E-state index in [1.807, 2.05) is 13.1 Å². The molecule has 2 unspecified atom stereocenters. The monoisotopic (exact) mass is 252 g/mol. The summed E-state index contributed by atoms with van der Waals surface area (Å²) in [4.78, 5) is 0. The fourth-order valence-corrected chi connectivity index (χ4v) is 2.71. The van der Waals surface area contributed by atoms with Gasteiger partial charge in [0.2, 0.25) is 0 Å². The highest BCUT2D eigenvalue weighted by Crippen LogP contribution is 2.29. The Bertz CT molecular complexity index is 391. The summed E-state index contributed by atoms with van der Waals surface area (Å²) in [6.45, 7) is 2.07. The van der Waals surface area contributed by atoms with Gasteiger partial charge in [-0.3, -0.25) is 0 Å². The maximum absolute atomic E-state index is 13.7. The lowest BCUT2D eigenvalue weighted by atomic mass is 9.87. The molecule has 0 radical (unpaired) electrons. The first kappa shape index (κ1) is 13.3. The maximum Gasteiger partial charge on any atom is 0.165 e. The highest BCUT2D eigenvalue weighted by molar-refractivity contribution is 5.31. The third-order valence-electron chi connectivity index (χ3n) is 3.65. The molecule has 0 aromatic heterocycles. The first-order chi connectivity index (χ1) is 8.76. The molecule has 2 rings (SSSR count). The molecule has 18 heavy (non-hydrogen) atoms. The first-order valence-corrected chi connectivity index (χ1v) is 6.47. The van der Waals surface area contributed by atoms with Crippen molar-refractivity contribution in [2.24, 2.45) is 5.92 Å². The van der Waals surface area contributed by atoms with Crippen LogP contribution in [0.2, 0.25) is 0 Å². The highest BCUT2D eigenvalue weighted by atomic mass is 19.1. The third-order valence-corrected chi connectivity index (χ3v) is 3.65. The zero-order valence-electron chi connectivity index (χ0n) is 11.0. The Kier molecular flexibility index (Phi) is 4.55. The average molecular weight is 252 g/mol. The molecule has 1 aromatic carbocycles. The standard InChI is InChI=1S/C14H21FN2O/c1-16-14(11-4-3-7-17-9-11)10-5-6-13(18-2)12(15)8-10/h5-6,8,11,14,16-17H,3-4,7,9H2,1-2H3. The number of methoxy groups -OCH3 is 1. The minimum absolute atomic E-state index is 0.193. The second kappa shape index (κ2) is 6.16. The Hall–Kier alpha value is -1.13. The van der Waals surface area contributed by atoms with Gasteiger partial charge in [-0.1, -0.05) is 6.07 Å². The van der Waals surface area contributed by atoms with Gasteiger partial charge in [-0.05, 0) is 56.6 Å². The summed E-state index contributed by atoms with van der Waals surface area (Å²) in [5.74, 6) is 0.519. The van der Waals surface area contributed by atoms with Gasteiger partial charge < -0.3 is 15.4 Å². The van der Waals surface area contributed by atoms with Crippen LogP contribution in [0.4, 0.5) is 4.39 Å². The van der Waals surface area contributed by atoms with Crippen molar-refractivity contribution >= 4 is 0 Å². The van der Waals surface area contributed by atoms with E-state index in [-0.39, 0.29) is 11.9 Å². The number of halogens is 1. The van der Waals surface area contributed by atoms with Crippen LogP contribution < -0.4 is 15.4 Å². The van der Waals surface area contributed by atoms with Gasteiger partial charge in [0.15, 0.2) is 11.6 Å². The maximum atomic E-state index is 13.7. The van der Waals surface area contributed by atoms with Crippen LogP contribution in [0.5, 0.6) is 5.75 Å². The van der Waals surface area contributed by atoms with E-state index >= 15 is 0 Å². The van der Waals surface area contributed by atoms with Crippen molar-refractivity contribution in [1.82, 2.24) is 10.6 Å². The predicted octanol–water partition coefficient (Wildman–Crippen LogP) is 2.09. The predicted molar refractivity (Wildman–Crippen MR) is 70.3 cm³/mol. The summed E-state index contributed by atoms with van der Waals surface area (Å²) in [5.41, 5.74) is 0.990. The van der Waals surface area contributed by atoms with E-state index < -0.39 is 0 Å². The number of benzene rings is 1. The molecule has 1 saturated heterocycles. The van der Waals surface area contributed by atoms with Crippen molar-refractivity contribution in [2.45, 2.75) is 18.9 Å². The Labute approximate surface area is 108 Å². The van der Waals surface area contributed by atoms with Crippen molar-refractivity contribution in [3.8, 4) is 5.75 Å². The summed E-state index contributed by atoms with van der Waals surface area (Å²) in [5, 5.41) is 6.70. The van der Waals surface area contributed by atoms with Crippen LogP contribution in [0.1, 0.15) is 24.4 Å². The molecule has 1 aromatic rings. The molecule has 1 aliphatic rings. The van der Waals surface area contributed by atoms with Gasteiger partial charge in [-0.15, -0.1) is 0 Å². The molecule has 0 saturated carbocycles. The van der Waals surface area contributed by atoms with Gasteiger partial charge in [0.25, 0.3) is 0 Å². The molecule has 1 fully saturated rings. The van der Waals surface area contributed by atoms with E-state index in [1.165, 1.54) is 20.0 Å². The quantitative estimate of drug-likeness (QED) is 0.861. The number of piperidine rings is 1. The molecule has 0 aliphatic carbocycles. The van der Waals surface area contributed by atoms with Crippen LogP contribution in [-0.2, 0) is 0 Å². The van der Waals surface area contributed by atoms with Crippen LogP contribution >= 0.6 is 0 Å². The smallest absolute Gasteiger partial charge is 0.165 e. The van der Waals surface area contributed by atoms with E-state index in [4.69, 9.17) is 4.74 Å². The van der Waals surface area contributed by atoms with E-state index in [1.54, 1.807) is 12.1 Å². The SMILES string of the molecule is CNC(c1ccc(OC)c(F)c1)C1CCCNC1. The zero-order valence-corrected chi connectivity index (χ0v) is 11.0. The normalized spacial score (nSPS) is 21.6. The summed E-state index contributed by atoms with van der Waals surface area (Å²) < 4.78 is 18.7. The van der Waals surface area contributed by atoms with Crippen LogP contribution in [0.25, 0.3) is 0 Å². The molecular formula is C14H21FN2O. The summed E-state index contributed by atoms with van der Waals surface area (Å²) in [6, 6.07) is 5.41. The lowest BCUT2D eigenvalue weighted by molar-refractivity contribution is 0.297. The van der Waals surface area contributed by atoms with Crippen LogP contribution in [0, 0.1) is 11.7 Å². The van der Waals surface area contributed by atoms with Gasteiger partial charge in [-0.25, -0.2) is 4.39 Å². The molecule has 100 valence electrons. The number of hydrogen-bond donors (Lipinski definition) is 2. The second-order valence-electron chi connectivity index (χ2n) is 4.77. The molecule has 2 N–H and O–H groups in total. The van der Waals surface area contributed by atoms with Crippen molar-refractivity contribution in [3.63, 3.8) is 0 Å². The average Bonchev–Trinajstić information content (AvgIpc) is 2.41. The van der Waals surface area contributed by atoms with Crippen LogP contribution in [0.3, 0.4) is 0 Å². The summed E-state index contributed by atoms with van der Waals surface area (Å²) >= 11 is 0. The minimum atomic E-state index is -0.293. The largest absolute Gasteiger partial charge is 0.494 e. The molecule has 0 bridgehead atoms. The third kappa shape index (κ3) is 2.82. The Morgan fingerprint density at radius 1 is 1.50 bits per heavy atom. The van der Waals surface area contributed by atoms with E-state index in [0.717, 1.165) is 18.7 Å². The molecule has 3 nitrogen and oxygen atoms in total. The molecule has 4 heteroatoms. The highest BCUT2D eigenvalue weighted by Gasteiger charge is 2.24. The Morgan fingerprint density at radius 3 is 2.89 bits per heavy atom. The van der Waals surface area contributed by atoms with Crippen molar-refractivity contribution in [1.29, 1.82) is 0 Å². The lowest BCUT2D eigenvalue weighted by Gasteiger charge is -2.31. The zero-order chi connectivity index (χ0) is 13.0. The topological polar surface area (TPSA) is 33.3 Å². The van der Waals surface area contributed by atoms with Crippen molar-refractivity contribution in [3.05, 3.63) is 29.6 Å². The Balaban J connectivity index is 2.18. The van der Waals surface area contributed by atoms with Gasteiger partial charge in [0.05, 0.1) is 7.11 Å². The van der Waals surface area contributed by atoms with Gasteiger partial charge in [0, 0.05) is 6.04 Å². The first-order valence-electron chi connectivity index (χ1n) is 6.47. The van der Waals surface area contributed by atoms with E-state index in [2.05, 4.69) is 10.6 Å². The molecule has 1 aliphatic heterocycles. The molecule has 0 spiro atoms. The van der Waals surface area contributed by atoms with E-state index in [0.29, 0.717) is 11.7 Å². The number of nitrogens with one attached hydrogen (secondary N) is 2. The fourth-order valence-electron chi connectivity index (χ4n) is 2.71. The van der Waals surface area contributed by atoms with Crippen molar-refractivity contribution in [2.75, 3.05) is 27.2 Å². The summed E-state index contributed by atoms with van der Waals surface area (Å²) in [6.07, 6.45) is 2.35. The minimum Gasteiger partial charge on any atom is -0.494 e. The number of rotatable bonds is 4. The van der Waals surface area contributed by atoms with Crippen LogP contribution in [-0.4, -0.2) is 27.2 Å². The lowest BCUT2D eigenvalue weighted by Crippen LogP contribution is -2.37. The molecule has 0 amide bonds. The van der Waals surface area contributed by atoms with Gasteiger partial charge >= 0.3 is 0 Å². The number of ether oxygens (including phenoxy) is 1. The Morgan fingerprint density at radius 2 is 2.33 bits per heavy atom. The van der Waals surface area contributed by atoms with Crippen molar-refractivity contribution < 1.29 is 9.13 Å². The fraction of sp³-hybridized carbons (Fsp3) is 0.571.